The van der Waals surface area contributed by atoms with Crippen molar-refractivity contribution in [1.82, 2.24) is 4.98 Å². The summed E-state index contributed by atoms with van der Waals surface area (Å²) in [4.78, 5) is 13.7. The van der Waals surface area contributed by atoms with Gasteiger partial charge >= 0.3 is 5.97 Å². The Morgan fingerprint density at radius 2 is 2.31 bits per heavy atom. The number of aliphatic carboxylic acids is 1. The highest BCUT2D eigenvalue weighted by atomic mass is 16.4. The van der Waals surface area contributed by atoms with Gasteiger partial charge in [0.1, 0.15) is 0 Å². The van der Waals surface area contributed by atoms with E-state index in [2.05, 4.69) is 4.98 Å². The number of aryl methyl sites for hydroxylation is 1. The largest absolute Gasteiger partial charge is 0.481 e. The van der Waals surface area contributed by atoms with Gasteiger partial charge in [0.25, 0.3) is 0 Å². The summed E-state index contributed by atoms with van der Waals surface area (Å²) in [6.45, 7) is 3.50. The average Bonchev–Trinajstić information content (AvgIpc) is 2.52. The quantitative estimate of drug-likeness (QED) is 0.747. The Bertz CT molecular complexity index is 275. The average molecular weight is 181 g/mol. The van der Waals surface area contributed by atoms with Crippen molar-refractivity contribution in [2.24, 2.45) is 5.41 Å². The number of aromatic amines is 1. The number of aromatic nitrogens is 1. The van der Waals surface area contributed by atoms with E-state index < -0.39 is 11.4 Å². The van der Waals surface area contributed by atoms with Crippen LogP contribution in [0.4, 0.5) is 0 Å². The molecule has 3 heteroatoms. The summed E-state index contributed by atoms with van der Waals surface area (Å²) in [6.07, 6.45) is 5.23. The van der Waals surface area contributed by atoms with Gasteiger partial charge in [-0.25, -0.2) is 0 Å². The van der Waals surface area contributed by atoms with E-state index in [1.807, 2.05) is 18.5 Å². The molecule has 0 saturated carbocycles. The highest BCUT2D eigenvalue weighted by Gasteiger charge is 2.26. The van der Waals surface area contributed by atoms with Crippen molar-refractivity contribution in [2.75, 3.05) is 0 Å². The lowest BCUT2D eigenvalue weighted by Crippen LogP contribution is -2.24. The van der Waals surface area contributed by atoms with Crippen LogP contribution < -0.4 is 0 Å². The normalized spacial score (nSPS) is 11.5. The van der Waals surface area contributed by atoms with Gasteiger partial charge in [0.15, 0.2) is 0 Å². The van der Waals surface area contributed by atoms with Crippen molar-refractivity contribution in [2.45, 2.75) is 26.7 Å². The van der Waals surface area contributed by atoms with E-state index in [-0.39, 0.29) is 0 Å². The number of carboxylic acids is 1. The van der Waals surface area contributed by atoms with Crippen LogP contribution in [0.25, 0.3) is 0 Å². The molecule has 0 amide bonds. The molecule has 2 N–H and O–H groups in total. The van der Waals surface area contributed by atoms with Crippen LogP contribution in [0.15, 0.2) is 18.5 Å². The van der Waals surface area contributed by atoms with Crippen LogP contribution in [0.1, 0.15) is 25.8 Å². The summed E-state index contributed by atoms with van der Waals surface area (Å²) in [5.74, 6) is -0.733. The number of hydrogen-bond acceptors (Lipinski definition) is 1. The van der Waals surface area contributed by atoms with E-state index in [0.29, 0.717) is 6.42 Å². The molecule has 3 nitrogen and oxygen atoms in total. The van der Waals surface area contributed by atoms with Crippen molar-refractivity contribution in [3.05, 3.63) is 24.0 Å². The van der Waals surface area contributed by atoms with E-state index in [1.165, 1.54) is 0 Å². The molecule has 0 aliphatic heterocycles. The molecular formula is C10H15NO2. The summed E-state index contributed by atoms with van der Waals surface area (Å²) in [5, 5.41) is 8.86. The molecule has 1 aromatic rings. The van der Waals surface area contributed by atoms with Gasteiger partial charge in [-0.2, -0.15) is 0 Å². The molecule has 0 aliphatic carbocycles. The number of carbonyl (C=O) groups is 1. The smallest absolute Gasteiger partial charge is 0.309 e. The second kappa shape index (κ2) is 3.64. The highest BCUT2D eigenvalue weighted by molar-refractivity contribution is 5.73. The van der Waals surface area contributed by atoms with Gasteiger partial charge < -0.3 is 10.1 Å². The first-order valence-electron chi connectivity index (χ1n) is 4.37. The van der Waals surface area contributed by atoms with E-state index in [4.69, 9.17) is 5.11 Å². The van der Waals surface area contributed by atoms with E-state index in [9.17, 15) is 4.79 Å². The first-order chi connectivity index (χ1) is 6.02. The monoisotopic (exact) mass is 181 g/mol. The summed E-state index contributed by atoms with van der Waals surface area (Å²) >= 11 is 0. The zero-order valence-corrected chi connectivity index (χ0v) is 8.00. The predicted molar refractivity (Wildman–Crippen MR) is 50.5 cm³/mol. The van der Waals surface area contributed by atoms with Crippen LogP contribution in [0.5, 0.6) is 0 Å². The van der Waals surface area contributed by atoms with Gasteiger partial charge in [0, 0.05) is 12.4 Å². The Morgan fingerprint density at radius 1 is 1.62 bits per heavy atom. The second-order valence-electron chi connectivity index (χ2n) is 3.91. The summed E-state index contributed by atoms with van der Waals surface area (Å²) < 4.78 is 0. The molecule has 0 aromatic carbocycles. The predicted octanol–water partition coefficient (Wildman–Crippen LogP) is 2.06. The van der Waals surface area contributed by atoms with Gasteiger partial charge in [-0.15, -0.1) is 0 Å². The van der Waals surface area contributed by atoms with E-state index in [1.54, 1.807) is 13.8 Å². The van der Waals surface area contributed by atoms with Gasteiger partial charge in [-0.3, -0.25) is 4.79 Å². The number of carboxylic acid groups (broad SMARTS) is 1. The minimum Gasteiger partial charge on any atom is -0.481 e. The maximum absolute atomic E-state index is 10.8. The third-order valence-electron chi connectivity index (χ3n) is 2.28. The van der Waals surface area contributed by atoms with Crippen molar-refractivity contribution >= 4 is 5.97 Å². The topological polar surface area (TPSA) is 53.1 Å². The first kappa shape index (κ1) is 9.84. The molecule has 0 atom stereocenters. The maximum Gasteiger partial charge on any atom is 0.309 e. The van der Waals surface area contributed by atoms with Crippen molar-refractivity contribution in [3.63, 3.8) is 0 Å². The van der Waals surface area contributed by atoms with Crippen LogP contribution in [0.2, 0.25) is 0 Å². The molecule has 0 bridgehead atoms. The number of rotatable bonds is 4. The Hall–Kier alpha value is -1.25. The molecule has 0 radical (unpaired) electrons. The molecule has 1 aromatic heterocycles. The van der Waals surface area contributed by atoms with Crippen LogP contribution in [-0.4, -0.2) is 16.1 Å². The third kappa shape index (κ3) is 2.61. The molecular weight excluding hydrogens is 166 g/mol. The molecule has 13 heavy (non-hydrogen) atoms. The lowest BCUT2D eigenvalue weighted by Gasteiger charge is -2.17. The fourth-order valence-electron chi connectivity index (χ4n) is 1.08. The number of H-pyrrole nitrogens is 1. The minimum atomic E-state index is -0.733. The molecule has 0 fully saturated rings. The first-order valence-corrected chi connectivity index (χ1v) is 4.37. The maximum atomic E-state index is 10.8. The SMILES string of the molecule is CC(C)(CCc1cc[nH]c1)C(=O)O. The lowest BCUT2D eigenvalue weighted by atomic mass is 9.87. The second-order valence-corrected chi connectivity index (χ2v) is 3.91. The van der Waals surface area contributed by atoms with Gasteiger partial charge in [0.05, 0.1) is 5.41 Å². The third-order valence-corrected chi connectivity index (χ3v) is 2.28. The van der Waals surface area contributed by atoms with Crippen LogP contribution in [0.3, 0.4) is 0 Å². The zero-order chi connectivity index (χ0) is 9.90. The molecule has 0 spiro atoms. The van der Waals surface area contributed by atoms with Crippen LogP contribution >= 0.6 is 0 Å². The fourth-order valence-corrected chi connectivity index (χ4v) is 1.08. The van der Waals surface area contributed by atoms with E-state index >= 15 is 0 Å². The summed E-state index contributed by atoms with van der Waals surface area (Å²) in [6, 6.07) is 1.97. The molecule has 0 unspecified atom stereocenters. The fraction of sp³-hybridized carbons (Fsp3) is 0.500. The molecule has 0 saturated heterocycles. The summed E-state index contributed by atoms with van der Waals surface area (Å²) in [7, 11) is 0. The van der Waals surface area contributed by atoms with Gasteiger partial charge in [-0.05, 0) is 38.3 Å². The molecule has 72 valence electrons. The Morgan fingerprint density at radius 3 is 2.77 bits per heavy atom. The molecule has 0 aliphatic rings. The number of nitrogens with one attached hydrogen (secondary N) is 1. The Balaban J connectivity index is 2.47. The molecule has 1 rings (SSSR count). The Kier molecular flexibility index (Phi) is 2.76. The Labute approximate surface area is 77.8 Å². The van der Waals surface area contributed by atoms with Gasteiger partial charge in [0.2, 0.25) is 0 Å². The van der Waals surface area contributed by atoms with Crippen molar-refractivity contribution in [3.8, 4) is 0 Å². The van der Waals surface area contributed by atoms with Crippen molar-refractivity contribution in [1.29, 1.82) is 0 Å². The standard InChI is InChI=1S/C10H15NO2/c1-10(2,9(12)13)5-3-8-4-6-11-7-8/h4,6-7,11H,3,5H2,1-2H3,(H,12,13). The van der Waals surface area contributed by atoms with Gasteiger partial charge in [-0.1, -0.05) is 0 Å². The minimum absolute atomic E-state index is 0.628. The highest BCUT2D eigenvalue weighted by Crippen LogP contribution is 2.22. The number of hydrogen-bond donors (Lipinski definition) is 2. The summed E-state index contributed by atoms with van der Waals surface area (Å²) in [5.41, 5.74) is 0.534. The lowest BCUT2D eigenvalue weighted by molar-refractivity contribution is -0.147. The molecule has 1 heterocycles. The van der Waals surface area contributed by atoms with E-state index in [0.717, 1.165) is 12.0 Å². The van der Waals surface area contributed by atoms with Crippen molar-refractivity contribution < 1.29 is 9.90 Å². The zero-order valence-electron chi connectivity index (χ0n) is 8.00. The van der Waals surface area contributed by atoms with Crippen LogP contribution in [-0.2, 0) is 11.2 Å². The van der Waals surface area contributed by atoms with Crippen LogP contribution in [0, 0.1) is 5.41 Å².